The minimum Gasteiger partial charge on any atom is -0.384 e. The maximum absolute atomic E-state index is 9.46. The molecule has 0 bridgehead atoms. The first-order valence-corrected chi connectivity index (χ1v) is 3.21. The Morgan fingerprint density at radius 2 is 2.00 bits per heavy atom. The van der Waals surface area contributed by atoms with E-state index in [-0.39, 0.29) is 38.6 Å². The molecule has 63 valence electrons. The Morgan fingerprint density at radius 1 is 1.60 bits per heavy atom. The van der Waals surface area contributed by atoms with Crippen molar-refractivity contribution in [3.8, 4) is 0 Å². The molecule has 0 saturated heterocycles. The molecule has 0 fully saturated rings. The van der Waals surface area contributed by atoms with Gasteiger partial charge in [0, 0.05) is 51.4 Å². The fourth-order valence-corrected chi connectivity index (χ4v) is 0.497. The van der Waals surface area contributed by atoms with Crippen LogP contribution in [0.2, 0.25) is 0 Å². The molecule has 0 heterocycles. The summed E-state index contributed by atoms with van der Waals surface area (Å²) in [6, 6.07) is 0. The largest absolute Gasteiger partial charge is 0.384 e. The van der Waals surface area contributed by atoms with Crippen LogP contribution >= 0.6 is 0 Å². The van der Waals surface area contributed by atoms with Crippen LogP contribution in [0.25, 0.3) is 0 Å². The van der Waals surface area contributed by atoms with Gasteiger partial charge in [0.2, 0.25) is 0 Å². The van der Waals surface area contributed by atoms with E-state index in [2.05, 4.69) is 4.99 Å². The zero-order valence-corrected chi connectivity index (χ0v) is 9.07. The number of nitrogens with zero attached hydrogens (tertiary/aromatic N) is 1. The van der Waals surface area contributed by atoms with Gasteiger partial charge in [-0.3, -0.25) is 4.99 Å². The second-order valence-corrected chi connectivity index (χ2v) is 2.44. The fraction of sp³-hybridized carbons (Fsp3) is 0.857. The molecular weight excluding hydrogens is 273 g/mol. The second kappa shape index (κ2) is 5.55. The number of rotatable bonds is 2. The summed E-state index contributed by atoms with van der Waals surface area (Å²) in [5, 5.41) is 9.46. The van der Waals surface area contributed by atoms with Crippen molar-refractivity contribution < 1.29 is 43.7 Å². The normalized spacial score (nSPS) is 17.5. The van der Waals surface area contributed by atoms with Gasteiger partial charge < -0.3 is 5.11 Å². The molecular formula is C7H15NOTb. The van der Waals surface area contributed by atoms with Crippen molar-refractivity contribution in [2.75, 3.05) is 7.05 Å². The third-order valence-electron chi connectivity index (χ3n) is 1.80. The van der Waals surface area contributed by atoms with Crippen LogP contribution in [0.1, 0.15) is 27.2 Å². The molecule has 0 aromatic heterocycles. The summed E-state index contributed by atoms with van der Waals surface area (Å²) in [5.41, 5.74) is 0.0966. The van der Waals surface area contributed by atoms with Crippen LogP contribution in [0.15, 0.2) is 4.99 Å². The van der Waals surface area contributed by atoms with Gasteiger partial charge in [0.05, 0.1) is 5.60 Å². The van der Waals surface area contributed by atoms with Gasteiger partial charge in [-0.15, -0.1) is 0 Å². The quantitative estimate of drug-likeness (QED) is 0.762. The van der Waals surface area contributed by atoms with E-state index in [1.807, 2.05) is 13.8 Å². The standard InChI is InChI=1S/C7H15NO.Tb/c1-5-7(3,9)6(2)8-4;/h9H,5H2,1-4H3;. The van der Waals surface area contributed by atoms with E-state index in [1.165, 1.54) is 0 Å². The van der Waals surface area contributed by atoms with Gasteiger partial charge in [0.1, 0.15) is 0 Å². The summed E-state index contributed by atoms with van der Waals surface area (Å²) >= 11 is 0. The van der Waals surface area contributed by atoms with Crippen LogP contribution in [0.3, 0.4) is 0 Å². The van der Waals surface area contributed by atoms with Crippen molar-refractivity contribution in [1.82, 2.24) is 0 Å². The van der Waals surface area contributed by atoms with Crippen molar-refractivity contribution in [2.45, 2.75) is 32.8 Å². The van der Waals surface area contributed by atoms with Gasteiger partial charge in [0.15, 0.2) is 0 Å². The molecule has 0 amide bonds. The molecule has 0 aromatic rings. The van der Waals surface area contributed by atoms with Crippen molar-refractivity contribution in [3.63, 3.8) is 0 Å². The van der Waals surface area contributed by atoms with Crippen molar-refractivity contribution in [3.05, 3.63) is 0 Å². The third kappa shape index (κ3) is 3.93. The van der Waals surface area contributed by atoms with Crippen LogP contribution in [-0.4, -0.2) is 23.5 Å². The minimum absolute atomic E-state index is 0. The number of hydrogen-bond donors (Lipinski definition) is 1. The number of aliphatic hydroxyl groups is 1. The molecule has 3 heteroatoms. The second-order valence-electron chi connectivity index (χ2n) is 2.44. The summed E-state index contributed by atoms with van der Waals surface area (Å²) < 4.78 is 0. The molecule has 0 aromatic carbocycles. The van der Waals surface area contributed by atoms with Crippen molar-refractivity contribution in [1.29, 1.82) is 0 Å². The maximum atomic E-state index is 9.46. The summed E-state index contributed by atoms with van der Waals surface area (Å²) in [5.74, 6) is 0. The predicted octanol–water partition coefficient (Wildman–Crippen LogP) is 1.24. The van der Waals surface area contributed by atoms with Gasteiger partial charge in [-0.1, -0.05) is 6.92 Å². The van der Waals surface area contributed by atoms with Crippen molar-refractivity contribution >= 4 is 5.71 Å². The zero-order valence-electron chi connectivity index (χ0n) is 6.93. The molecule has 0 spiro atoms. The van der Waals surface area contributed by atoms with Gasteiger partial charge in [0.25, 0.3) is 0 Å². The fourth-order valence-electron chi connectivity index (χ4n) is 0.497. The molecule has 1 atom stereocenters. The monoisotopic (exact) mass is 288 g/mol. The van der Waals surface area contributed by atoms with E-state index in [1.54, 1.807) is 14.0 Å². The Bertz CT molecular complexity index is 121. The Labute approximate surface area is 93.6 Å². The van der Waals surface area contributed by atoms with Gasteiger partial charge in [-0.25, -0.2) is 0 Å². The van der Waals surface area contributed by atoms with Crippen LogP contribution in [0, 0.1) is 38.6 Å². The molecule has 0 aliphatic rings. The average molecular weight is 288 g/mol. The van der Waals surface area contributed by atoms with Crippen LogP contribution < -0.4 is 0 Å². The molecule has 0 aliphatic heterocycles. The van der Waals surface area contributed by atoms with E-state index in [0.717, 1.165) is 12.1 Å². The maximum Gasteiger partial charge on any atom is 0.0988 e. The summed E-state index contributed by atoms with van der Waals surface area (Å²) in [6.07, 6.45) is 0.718. The average Bonchev–Trinajstić information content (AvgIpc) is 1.86. The summed E-state index contributed by atoms with van der Waals surface area (Å²) in [7, 11) is 1.69. The topological polar surface area (TPSA) is 32.6 Å². The molecule has 10 heavy (non-hydrogen) atoms. The SMILES string of the molecule is CCC(C)(O)C(C)=NC.[Tb]. The van der Waals surface area contributed by atoms with Crippen molar-refractivity contribution in [2.24, 2.45) is 4.99 Å². The first-order valence-electron chi connectivity index (χ1n) is 3.21. The van der Waals surface area contributed by atoms with E-state index < -0.39 is 5.60 Å². The molecule has 1 N–H and O–H groups in total. The van der Waals surface area contributed by atoms with Gasteiger partial charge in [-0.2, -0.15) is 0 Å². The van der Waals surface area contributed by atoms with Crippen LogP contribution in [0.4, 0.5) is 0 Å². The van der Waals surface area contributed by atoms with E-state index in [9.17, 15) is 5.11 Å². The smallest absolute Gasteiger partial charge is 0.0988 e. The predicted molar refractivity (Wildman–Crippen MR) is 39.9 cm³/mol. The summed E-state index contributed by atoms with van der Waals surface area (Å²) in [6.45, 7) is 5.55. The first kappa shape index (κ1) is 13.5. The number of aliphatic imine (C=N–C) groups is 1. The Balaban J connectivity index is 0. The zero-order chi connectivity index (χ0) is 7.49. The van der Waals surface area contributed by atoms with E-state index in [4.69, 9.17) is 0 Å². The Hall–Kier alpha value is 0.916. The van der Waals surface area contributed by atoms with E-state index in [0.29, 0.717) is 0 Å². The van der Waals surface area contributed by atoms with E-state index >= 15 is 0 Å². The van der Waals surface area contributed by atoms with Gasteiger partial charge in [-0.05, 0) is 20.3 Å². The molecule has 0 saturated carbocycles. The molecule has 1 radical (unpaired) electrons. The molecule has 0 rings (SSSR count). The van der Waals surface area contributed by atoms with Gasteiger partial charge >= 0.3 is 0 Å². The minimum atomic E-state index is -0.700. The number of hydrogen-bond acceptors (Lipinski definition) is 2. The summed E-state index contributed by atoms with van der Waals surface area (Å²) in [4.78, 5) is 3.90. The first-order chi connectivity index (χ1) is 4.04. The Kier molecular flexibility index (Phi) is 7.50. The third-order valence-corrected chi connectivity index (χ3v) is 1.80. The Morgan fingerprint density at radius 3 is 2.10 bits per heavy atom. The molecule has 2 nitrogen and oxygen atoms in total. The molecule has 1 unspecified atom stereocenters. The van der Waals surface area contributed by atoms with Crippen LogP contribution in [-0.2, 0) is 0 Å². The van der Waals surface area contributed by atoms with Crippen LogP contribution in [0.5, 0.6) is 0 Å². The molecule has 0 aliphatic carbocycles.